The summed E-state index contributed by atoms with van der Waals surface area (Å²) in [6.07, 6.45) is 2.64. The van der Waals surface area contributed by atoms with E-state index in [1.165, 1.54) is 24.3 Å². The van der Waals surface area contributed by atoms with Crippen molar-refractivity contribution in [3.63, 3.8) is 0 Å². The van der Waals surface area contributed by atoms with E-state index in [0.717, 1.165) is 5.57 Å². The monoisotopic (exact) mass is 542 g/mol. The van der Waals surface area contributed by atoms with Crippen LogP contribution in [0.2, 0.25) is 5.02 Å². The van der Waals surface area contributed by atoms with Gasteiger partial charge in [0.25, 0.3) is 0 Å². The molecule has 10 heteroatoms. The molecule has 2 saturated heterocycles. The molecule has 0 aromatic heterocycles. The van der Waals surface area contributed by atoms with Crippen LogP contribution in [0.4, 0.5) is 14.9 Å². The molecule has 8 nitrogen and oxygen atoms in total. The van der Waals surface area contributed by atoms with Gasteiger partial charge in [0, 0.05) is 61.0 Å². The fourth-order valence-corrected chi connectivity index (χ4v) is 4.74. The number of nitrogens with one attached hydrogen (secondary N) is 2. The van der Waals surface area contributed by atoms with E-state index >= 15 is 0 Å². The quantitative estimate of drug-likeness (QED) is 0.409. The van der Waals surface area contributed by atoms with Crippen molar-refractivity contribution in [3.05, 3.63) is 76.2 Å². The summed E-state index contributed by atoms with van der Waals surface area (Å²) >= 11 is 5.97. The Morgan fingerprint density at radius 1 is 1.18 bits per heavy atom. The van der Waals surface area contributed by atoms with Crippen molar-refractivity contribution in [1.29, 1.82) is 5.41 Å². The second kappa shape index (κ2) is 10.7. The largest absolute Gasteiger partial charge is 0.478 e. The summed E-state index contributed by atoms with van der Waals surface area (Å²) in [6, 6.07) is 10.5. The van der Waals surface area contributed by atoms with Crippen molar-refractivity contribution in [2.75, 3.05) is 31.1 Å². The molecule has 0 saturated carbocycles. The molecule has 2 aliphatic heterocycles. The van der Waals surface area contributed by atoms with Crippen LogP contribution in [-0.2, 0) is 4.74 Å². The van der Waals surface area contributed by atoms with Crippen molar-refractivity contribution in [1.82, 2.24) is 10.2 Å². The Morgan fingerprint density at radius 2 is 1.82 bits per heavy atom. The first-order chi connectivity index (χ1) is 17.9. The molecule has 2 aromatic rings. The van der Waals surface area contributed by atoms with Crippen LogP contribution in [0.3, 0.4) is 0 Å². The van der Waals surface area contributed by atoms with Crippen molar-refractivity contribution >= 4 is 35.1 Å². The zero-order chi connectivity index (χ0) is 27.7. The van der Waals surface area contributed by atoms with Crippen LogP contribution in [0.25, 0.3) is 0 Å². The van der Waals surface area contributed by atoms with Crippen molar-refractivity contribution in [2.24, 2.45) is 0 Å². The van der Waals surface area contributed by atoms with Gasteiger partial charge in [-0.15, -0.1) is 0 Å². The third-order valence-electron chi connectivity index (χ3n) is 6.77. The molecule has 202 valence electrons. The van der Waals surface area contributed by atoms with Crippen molar-refractivity contribution in [3.8, 4) is 0 Å². The minimum absolute atomic E-state index is 0.0273. The Labute approximate surface area is 226 Å². The number of carbonyl (C=O) groups is 2. The van der Waals surface area contributed by atoms with Gasteiger partial charge in [-0.3, -0.25) is 15.2 Å². The molecule has 2 fully saturated rings. The molecule has 0 atom stereocenters. The Bertz CT molecular complexity index is 1260. The van der Waals surface area contributed by atoms with Crippen molar-refractivity contribution in [2.45, 2.75) is 44.8 Å². The highest BCUT2D eigenvalue weighted by Gasteiger charge is 2.47. The van der Waals surface area contributed by atoms with E-state index < -0.39 is 23.5 Å². The van der Waals surface area contributed by atoms with Gasteiger partial charge in [0.05, 0.1) is 22.8 Å². The first-order valence-electron chi connectivity index (χ1n) is 12.4. The molecule has 4 rings (SSSR count). The summed E-state index contributed by atoms with van der Waals surface area (Å²) in [7, 11) is 0. The Kier molecular flexibility index (Phi) is 7.80. The molecule has 0 radical (unpaired) electrons. The second-order valence-electron chi connectivity index (χ2n) is 10.8. The number of anilines is 1. The van der Waals surface area contributed by atoms with E-state index in [-0.39, 0.29) is 21.8 Å². The number of ether oxygens (including phenoxy) is 1. The summed E-state index contributed by atoms with van der Waals surface area (Å²) < 4.78 is 19.5. The topological polar surface area (TPSA) is 106 Å². The lowest BCUT2D eigenvalue weighted by Gasteiger charge is -2.37. The number of amides is 1. The van der Waals surface area contributed by atoms with Crippen LogP contribution in [0.5, 0.6) is 0 Å². The molecule has 2 aromatic carbocycles. The minimum atomic E-state index is -1.02. The predicted octanol–water partition coefficient (Wildman–Crippen LogP) is 5.31. The molecule has 0 unspecified atom stereocenters. The minimum Gasteiger partial charge on any atom is -0.478 e. The third-order valence-corrected chi connectivity index (χ3v) is 7.06. The van der Waals surface area contributed by atoms with Gasteiger partial charge in [0.2, 0.25) is 0 Å². The number of hydrogen-bond acceptors (Lipinski definition) is 6. The van der Waals surface area contributed by atoms with Gasteiger partial charge in [-0.25, -0.2) is 14.0 Å². The number of rotatable bonds is 7. The van der Waals surface area contributed by atoms with Gasteiger partial charge in [0.15, 0.2) is 0 Å². The summed E-state index contributed by atoms with van der Waals surface area (Å²) in [6.45, 7) is 8.27. The summed E-state index contributed by atoms with van der Waals surface area (Å²) in [4.78, 5) is 27.6. The summed E-state index contributed by atoms with van der Waals surface area (Å²) in [5, 5.41) is 21.2. The van der Waals surface area contributed by atoms with Crippen LogP contribution in [0.1, 0.15) is 49.5 Å². The van der Waals surface area contributed by atoms with Gasteiger partial charge in [-0.05, 0) is 63.2 Å². The maximum absolute atomic E-state index is 13.7. The lowest BCUT2D eigenvalue weighted by atomic mass is 9.90. The van der Waals surface area contributed by atoms with E-state index in [4.69, 9.17) is 26.9 Å². The van der Waals surface area contributed by atoms with Crippen LogP contribution in [0.15, 0.2) is 54.2 Å². The van der Waals surface area contributed by atoms with Gasteiger partial charge in [-0.1, -0.05) is 11.6 Å². The van der Waals surface area contributed by atoms with E-state index in [0.29, 0.717) is 50.3 Å². The lowest BCUT2D eigenvalue weighted by Crippen LogP contribution is -2.47. The number of halogens is 2. The van der Waals surface area contributed by atoms with Crippen LogP contribution < -0.4 is 10.2 Å². The molecule has 2 heterocycles. The van der Waals surface area contributed by atoms with Gasteiger partial charge >= 0.3 is 12.1 Å². The predicted molar refractivity (Wildman–Crippen MR) is 145 cm³/mol. The van der Waals surface area contributed by atoms with E-state index in [9.17, 15) is 14.0 Å². The van der Waals surface area contributed by atoms with E-state index in [1.54, 1.807) is 23.1 Å². The Balaban J connectivity index is 1.44. The number of nitrogens with zero attached hydrogens (tertiary/aromatic N) is 2. The molecule has 1 spiro atoms. The van der Waals surface area contributed by atoms with E-state index in [2.05, 4.69) is 10.2 Å². The molecule has 3 N–H and O–H groups in total. The zero-order valence-corrected chi connectivity index (χ0v) is 22.4. The molecular weight excluding hydrogens is 511 g/mol. The number of carboxylic acids is 1. The normalized spacial score (nSPS) is 18.0. The average Bonchev–Trinajstić information content (AvgIpc) is 3.19. The molecule has 38 heavy (non-hydrogen) atoms. The highest BCUT2D eigenvalue weighted by molar-refractivity contribution is 6.31. The van der Waals surface area contributed by atoms with Crippen LogP contribution in [0, 0.1) is 11.2 Å². The van der Waals surface area contributed by atoms with Crippen molar-refractivity contribution < 1.29 is 23.8 Å². The highest BCUT2D eigenvalue weighted by atomic mass is 35.5. The maximum Gasteiger partial charge on any atom is 0.415 e. The van der Waals surface area contributed by atoms with Crippen LogP contribution >= 0.6 is 11.6 Å². The number of piperidine rings is 1. The number of likely N-dealkylation sites (tertiary alicyclic amines) is 1. The summed E-state index contributed by atoms with van der Waals surface area (Å²) in [5.74, 6) is -1.55. The number of hydrogen-bond donors (Lipinski definition) is 3. The standard InChI is InChI=1S/C28H32ClFN4O4/c1-27(2,3)32-15-20(24(31)19-6-9-23(30)22(29)14-19)16-33-12-10-28(11-13-33)17-34(26(37)38-28)21-7-4-18(5-8-21)25(35)36/h4-9,14-15,31-32H,10-13,16-17H2,1-3H3,(H,35,36)/b20-15-,31-24?. The fourth-order valence-electron chi connectivity index (χ4n) is 4.56. The molecule has 1 amide bonds. The maximum atomic E-state index is 13.7. The number of carboxylic acid groups (broad SMARTS) is 1. The van der Waals surface area contributed by atoms with E-state index in [1.807, 2.05) is 27.0 Å². The smallest absolute Gasteiger partial charge is 0.415 e. The van der Waals surface area contributed by atoms with Crippen LogP contribution in [-0.4, -0.2) is 65.1 Å². The Morgan fingerprint density at radius 3 is 2.39 bits per heavy atom. The van der Waals surface area contributed by atoms with Gasteiger partial charge in [-0.2, -0.15) is 0 Å². The average molecular weight is 543 g/mol. The van der Waals surface area contributed by atoms with Gasteiger partial charge in [0.1, 0.15) is 11.4 Å². The lowest BCUT2D eigenvalue weighted by molar-refractivity contribution is 0.00327. The summed E-state index contributed by atoms with van der Waals surface area (Å²) in [5.41, 5.74) is 1.45. The first kappa shape index (κ1) is 27.6. The highest BCUT2D eigenvalue weighted by Crippen LogP contribution is 2.36. The molecule has 0 bridgehead atoms. The zero-order valence-electron chi connectivity index (χ0n) is 21.7. The Hall–Kier alpha value is -3.43. The fraction of sp³-hybridized carbons (Fsp3) is 0.393. The second-order valence-corrected chi connectivity index (χ2v) is 11.2. The first-order valence-corrected chi connectivity index (χ1v) is 12.8. The SMILES string of the molecule is CC(C)(C)N/C=C(/CN1CCC2(CC1)CN(c1ccc(C(=O)O)cc1)C(=O)O2)C(=N)c1ccc(F)c(Cl)c1. The molecule has 2 aliphatic rings. The van der Waals surface area contributed by atoms with Gasteiger partial charge < -0.3 is 15.2 Å². The third kappa shape index (κ3) is 6.34. The number of aromatic carboxylic acids is 1. The molecule has 0 aliphatic carbocycles. The number of benzene rings is 2. The molecular formula is C28H32ClFN4O4. The number of carbonyl (C=O) groups excluding carboxylic acids is 1.